The molecule has 1 fully saturated rings. The van der Waals surface area contributed by atoms with E-state index in [0.29, 0.717) is 0 Å². The van der Waals surface area contributed by atoms with Gasteiger partial charge in [0.1, 0.15) is 11.0 Å². The van der Waals surface area contributed by atoms with Crippen molar-refractivity contribution in [3.05, 3.63) is 0 Å². The van der Waals surface area contributed by atoms with Gasteiger partial charge < -0.3 is 19.5 Å². The number of carbonyl (C=O) groups excluding carboxylic acids is 2. The second-order valence-corrected chi connectivity index (χ2v) is 5.83. The molecular weight excluding hydrogens is 302 g/mol. The van der Waals surface area contributed by atoms with Crippen LogP contribution in [0.3, 0.4) is 0 Å². The van der Waals surface area contributed by atoms with Crippen LogP contribution in [0.1, 0.15) is 33.6 Å². The van der Waals surface area contributed by atoms with E-state index in [1.54, 1.807) is 20.8 Å². The van der Waals surface area contributed by atoms with E-state index in [0.717, 1.165) is 4.90 Å². The summed E-state index contributed by atoms with van der Waals surface area (Å²) in [4.78, 5) is 23.6. The minimum Gasteiger partial charge on any atom is -0.549 e. The van der Waals surface area contributed by atoms with Crippen molar-refractivity contribution in [1.82, 2.24) is 4.90 Å². The zero-order chi connectivity index (χ0) is 15.8. The standard InChI is InChI=1S/C12H18F3NO4.Na/c1-10(2,3)20-9(19)16-6-4-11(5-7-16,8(17)18)12(13,14)15;/h4-7H2,1-3H3,(H,17,18);/q;+1/p-1. The van der Waals surface area contributed by atoms with Gasteiger partial charge >= 0.3 is 41.8 Å². The van der Waals surface area contributed by atoms with Crippen molar-refractivity contribution in [3.8, 4) is 0 Å². The molecule has 0 atom stereocenters. The third kappa shape index (κ3) is 4.75. The monoisotopic (exact) mass is 319 g/mol. The number of carbonyl (C=O) groups is 2. The number of piperidine rings is 1. The smallest absolute Gasteiger partial charge is 0.549 e. The first-order chi connectivity index (χ1) is 8.89. The van der Waals surface area contributed by atoms with E-state index in [9.17, 15) is 27.9 Å². The fourth-order valence-corrected chi connectivity index (χ4v) is 2.00. The second kappa shape index (κ2) is 6.75. The molecule has 0 spiro atoms. The molecule has 1 rings (SSSR count). The van der Waals surface area contributed by atoms with Crippen molar-refractivity contribution >= 4 is 12.1 Å². The summed E-state index contributed by atoms with van der Waals surface area (Å²) >= 11 is 0. The molecule has 116 valence electrons. The topological polar surface area (TPSA) is 69.7 Å². The molecule has 0 aromatic carbocycles. The summed E-state index contributed by atoms with van der Waals surface area (Å²) in [6, 6.07) is 0. The zero-order valence-electron chi connectivity index (χ0n) is 12.5. The van der Waals surface area contributed by atoms with Crippen LogP contribution in [0.2, 0.25) is 0 Å². The molecule has 0 saturated carbocycles. The van der Waals surface area contributed by atoms with Crippen molar-refractivity contribution < 1.29 is 62.2 Å². The first-order valence-corrected chi connectivity index (χ1v) is 6.15. The van der Waals surface area contributed by atoms with E-state index in [1.807, 2.05) is 0 Å². The second-order valence-electron chi connectivity index (χ2n) is 5.83. The molecule has 0 aromatic heterocycles. The summed E-state index contributed by atoms with van der Waals surface area (Å²) in [5.74, 6) is -2.14. The Bertz CT molecular complexity index is 398. The molecule has 0 N–H and O–H groups in total. The summed E-state index contributed by atoms with van der Waals surface area (Å²) in [5.41, 5.74) is -3.64. The zero-order valence-corrected chi connectivity index (χ0v) is 14.5. The van der Waals surface area contributed by atoms with Crippen molar-refractivity contribution in [2.45, 2.75) is 45.4 Å². The Morgan fingerprint density at radius 1 is 1.14 bits per heavy atom. The molecule has 5 nitrogen and oxygen atoms in total. The summed E-state index contributed by atoms with van der Waals surface area (Å²) < 4.78 is 43.7. The average molecular weight is 319 g/mol. The van der Waals surface area contributed by atoms with E-state index in [1.165, 1.54) is 0 Å². The Labute approximate surface area is 143 Å². The molecule has 9 heteroatoms. The minimum absolute atomic E-state index is 0. The third-order valence-corrected chi connectivity index (χ3v) is 3.20. The number of rotatable bonds is 1. The fraction of sp³-hybridized carbons (Fsp3) is 0.833. The van der Waals surface area contributed by atoms with Gasteiger partial charge in [-0.25, -0.2) is 4.79 Å². The number of ether oxygens (including phenoxy) is 1. The quantitative estimate of drug-likeness (QED) is 0.542. The van der Waals surface area contributed by atoms with Crippen LogP contribution in [-0.2, 0) is 9.53 Å². The molecule has 1 heterocycles. The van der Waals surface area contributed by atoms with Crippen LogP contribution in [0.5, 0.6) is 0 Å². The van der Waals surface area contributed by atoms with Gasteiger partial charge in [-0.2, -0.15) is 13.2 Å². The largest absolute Gasteiger partial charge is 1.00 e. The van der Waals surface area contributed by atoms with Crippen molar-refractivity contribution in [2.75, 3.05) is 13.1 Å². The summed E-state index contributed by atoms with van der Waals surface area (Å²) in [6.07, 6.45) is -7.09. The van der Waals surface area contributed by atoms with Crippen LogP contribution in [0, 0.1) is 5.41 Å². The van der Waals surface area contributed by atoms with Gasteiger partial charge in [0.15, 0.2) is 0 Å². The Kier molecular flexibility index (Phi) is 6.59. The van der Waals surface area contributed by atoms with Crippen molar-refractivity contribution in [3.63, 3.8) is 0 Å². The Morgan fingerprint density at radius 3 is 1.86 bits per heavy atom. The number of nitrogens with zero attached hydrogens (tertiary/aromatic N) is 1. The molecule has 21 heavy (non-hydrogen) atoms. The van der Waals surface area contributed by atoms with Gasteiger partial charge in [-0.15, -0.1) is 0 Å². The maximum atomic E-state index is 12.9. The normalized spacial score (nSPS) is 18.7. The maximum absolute atomic E-state index is 12.9. The number of likely N-dealkylation sites (tertiary alicyclic amines) is 1. The number of alkyl halides is 3. The Hall–Kier alpha value is -0.470. The number of amides is 1. The van der Waals surface area contributed by atoms with E-state index < -0.39 is 42.1 Å². The Morgan fingerprint density at radius 2 is 1.57 bits per heavy atom. The van der Waals surface area contributed by atoms with Gasteiger partial charge in [0.2, 0.25) is 0 Å². The number of carboxylic acid groups (broad SMARTS) is 1. The SMILES string of the molecule is CC(C)(C)OC(=O)N1CCC(C(=O)[O-])(C(F)(F)F)CC1.[Na+]. The third-order valence-electron chi connectivity index (χ3n) is 3.20. The molecule has 1 aliphatic heterocycles. The summed E-state index contributed by atoms with van der Waals surface area (Å²) in [6.45, 7) is 4.24. The van der Waals surface area contributed by atoms with Crippen LogP contribution in [0.25, 0.3) is 0 Å². The van der Waals surface area contributed by atoms with Crippen LogP contribution >= 0.6 is 0 Å². The molecule has 1 saturated heterocycles. The number of carboxylic acids is 1. The first-order valence-electron chi connectivity index (χ1n) is 6.15. The average Bonchev–Trinajstić information content (AvgIpc) is 2.25. The minimum atomic E-state index is -4.90. The van der Waals surface area contributed by atoms with E-state index in [2.05, 4.69) is 0 Å². The van der Waals surface area contributed by atoms with Gasteiger partial charge in [0, 0.05) is 13.1 Å². The number of hydrogen-bond donors (Lipinski definition) is 0. The predicted octanol–water partition coefficient (Wildman–Crippen LogP) is -1.68. The van der Waals surface area contributed by atoms with Gasteiger partial charge in [-0.3, -0.25) is 0 Å². The molecule has 1 amide bonds. The van der Waals surface area contributed by atoms with Crippen LogP contribution in [0.4, 0.5) is 18.0 Å². The number of aliphatic carboxylic acids is 1. The maximum Gasteiger partial charge on any atom is 1.00 e. The van der Waals surface area contributed by atoms with E-state index >= 15 is 0 Å². The van der Waals surface area contributed by atoms with Crippen molar-refractivity contribution in [1.29, 1.82) is 0 Å². The predicted molar refractivity (Wildman–Crippen MR) is 60.5 cm³/mol. The molecular formula is C12H17F3NNaO4. The van der Waals surface area contributed by atoms with Crippen molar-refractivity contribution in [2.24, 2.45) is 5.41 Å². The van der Waals surface area contributed by atoms with E-state index in [4.69, 9.17) is 4.74 Å². The molecule has 0 bridgehead atoms. The number of hydrogen-bond acceptors (Lipinski definition) is 4. The Balaban J connectivity index is 0.00000400. The summed E-state index contributed by atoms with van der Waals surface area (Å²) in [5, 5.41) is 10.9. The molecule has 1 aliphatic rings. The fourth-order valence-electron chi connectivity index (χ4n) is 2.00. The van der Waals surface area contributed by atoms with Gasteiger partial charge in [-0.1, -0.05) is 0 Å². The number of halogens is 3. The molecule has 0 radical (unpaired) electrons. The summed E-state index contributed by atoms with van der Waals surface area (Å²) in [7, 11) is 0. The van der Waals surface area contributed by atoms with Gasteiger partial charge in [0.05, 0.1) is 5.97 Å². The molecule has 0 aromatic rings. The van der Waals surface area contributed by atoms with Crippen LogP contribution in [0.15, 0.2) is 0 Å². The van der Waals surface area contributed by atoms with E-state index in [-0.39, 0.29) is 42.6 Å². The van der Waals surface area contributed by atoms with Crippen LogP contribution in [-0.4, -0.2) is 41.8 Å². The van der Waals surface area contributed by atoms with Gasteiger partial charge in [0.25, 0.3) is 0 Å². The molecule has 0 aliphatic carbocycles. The first kappa shape index (κ1) is 20.5. The molecule has 0 unspecified atom stereocenters. The van der Waals surface area contributed by atoms with Gasteiger partial charge in [-0.05, 0) is 33.6 Å². The van der Waals surface area contributed by atoms with Crippen LogP contribution < -0.4 is 34.7 Å².